The van der Waals surface area contributed by atoms with Gasteiger partial charge in [0.05, 0.1) is 5.92 Å². The maximum Gasteiger partial charge on any atom is 0.229 e. The highest BCUT2D eigenvalue weighted by Crippen LogP contribution is 2.23. The van der Waals surface area contributed by atoms with Crippen LogP contribution in [0.25, 0.3) is 0 Å². The van der Waals surface area contributed by atoms with Crippen LogP contribution >= 0.6 is 15.9 Å². The molecule has 1 heterocycles. The van der Waals surface area contributed by atoms with Crippen LogP contribution in [0.1, 0.15) is 17.5 Å². The number of nitrogens with one attached hydrogen (secondary N) is 1. The van der Waals surface area contributed by atoms with Crippen LogP contribution in [-0.2, 0) is 16.1 Å². The minimum Gasteiger partial charge on any atom is -0.338 e. The third-order valence-corrected chi connectivity index (χ3v) is 4.66. The summed E-state index contributed by atoms with van der Waals surface area (Å²) in [4.78, 5) is 26.4. The molecule has 1 fully saturated rings. The first-order valence-corrected chi connectivity index (χ1v) is 8.70. The molecule has 1 N–H and O–H groups in total. The number of hydrogen-bond donors (Lipinski definition) is 1. The van der Waals surface area contributed by atoms with Crippen molar-refractivity contribution < 1.29 is 9.59 Å². The largest absolute Gasteiger partial charge is 0.338 e. The molecule has 0 radical (unpaired) electrons. The first-order valence-electron chi connectivity index (χ1n) is 7.91. The Bertz CT molecular complexity index is 758. The first kappa shape index (κ1) is 16.7. The number of nitrogens with zero attached hydrogens (tertiary/aromatic N) is 1. The van der Waals surface area contributed by atoms with Crippen molar-refractivity contribution in [2.24, 2.45) is 5.92 Å². The summed E-state index contributed by atoms with van der Waals surface area (Å²) in [6.45, 7) is 3.00. The molecule has 5 heteroatoms. The summed E-state index contributed by atoms with van der Waals surface area (Å²) < 4.78 is 0.986. The number of hydrogen-bond acceptors (Lipinski definition) is 2. The van der Waals surface area contributed by atoms with E-state index in [1.165, 1.54) is 0 Å². The zero-order chi connectivity index (χ0) is 17.1. The molecule has 0 bridgehead atoms. The number of benzene rings is 2. The number of aryl methyl sites for hydroxylation is 1. The highest BCUT2D eigenvalue weighted by atomic mass is 79.9. The van der Waals surface area contributed by atoms with Gasteiger partial charge in [-0.25, -0.2) is 0 Å². The summed E-state index contributed by atoms with van der Waals surface area (Å²) in [6.07, 6.45) is 0.270. The average Bonchev–Trinajstić information content (AvgIpc) is 2.91. The van der Waals surface area contributed by atoms with E-state index in [1.807, 2.05) is 55.5 Å². The predicted octanol–water partition coefficient (Wildman–Crippen LogP) is 3.74. The van der Waals surface area contributed by atoms with Crippen molar-refractivity contribution in [2.75, 3.05) is 11.9 Å². The number of halogens is 1. The second kappa shape index (κ2) is 7.18. The second-order valence-corrected chi connectivity index (χ2v) is 7.08. The molecule has 24 heavy (non-hydrogen) atoms. The van der Waals surface area contributed by atoms with Gasteiger partial charge in [-0.15, -0.1) is 0 Å². The minimum atomic E-state index is -0.300. The van der Waals surface area contributed by atoms with E-state index in [4.69, 9.17) is 0 Å². The van der Waals surface area contributed by atoms with Crippen LogP contribution in [0.4, 0.5) is 5.69 Å². The highest BCUT2D eigenvalue weighted by Gasteiger charge is 2.34. The summed E-state index contributed by atoms with van der Waals surface area (Å²) in [6, 6.07) is 15.5. The molecular weight excluding hydrogens is 368 g/mol. The molecule has 0 saturated carbocycles. The molecule has 2 amide bonds. The van der Waals surface area contributed by atoms with Crippen molar-refractivity contribution in [2.45, 2.75) is 19.9 Å². The van der Waals surface area contributed by atoms with Crippen LogP contribution in [0.2, 0.25) is 0 Å². The van der Waals surface area contributed by atoms with Crippen LogP contribution in [0.5, 0.6) is 0 Å². The number of likely N-dealkylation sites (tertiary alicyclic amines) is 1. The Balaban J connectivity index is 1.61. The van der Waals surface area contributed by atoms with Crippen LogP contribution in [0.3, 0.4) is 0 Å². The number of amides is 2. The van der Waals surface area contributed by atoms with E-state index in [-0.39, 0.29) is 24.2 Å². The minimum absolute atomic E-state index is 0.0269. The molecule has 0 unspecified atom stereocenters. The van der Waals surface area contributed by atoms with Crippen LogP contribution in [-0.4, -0.2) is 23.3 Å². The molecular formula is C19H19BrN2O2. The third-order valence-electron chi connectivity index (χ3n) is 4.17. The van der Waals surface area contributed by atoms with Gasteiger partial charge in [0.15, 0.2) is 0 Å². The SMILES string of the molecule is Cc1ccc(NC(=O)[C@H]2CC(=O)N(Cc3cccc(Br)c3)C2)cc1. The summed E-state index contributed by atoms with van der Waals surface area (Å²) in [7, 11) is 0. The molecule has 1 aliphatic heterocycles. The van der Waals surface area contributed by atoms with E-state index in [0.29, 0.717) is 13.1 Å². The maximum absolute atomic E-state index is 12.4. The van der Waals surface area contributed by atoms with Crippen molar-refractivity contribution in [1.82, 2.24) is 4.90 Å². The van der Waals surface area contributed by atoms with Gasteiger partial charge in [-0.2, -0.15) is 0 Å². The summed E-state index contributed by atoms with van der Waals surface area (Å²) in [5.74, 6) is -0.367. The van der Waals surface area contributed by atoms with E-state index < -0.39 is 0 Å². The van der Waals surface area contributed by atoms with Gasteiger partial charge in [0.2, 0.25) is 11.8 Å². The molecule has 4 nitrogen and oxygen atoms in total. The van der Waals surface area contributed by atoms with Gasteiger partial charge in [-0.05, 0) is 36.8 Å². The van der Waals surface area contributed by atoms with Gasteiger partial charge < -0.3 is 10.2 Å². The summed E-state index contributed by atoms with van der Waals surface area (Å²) in [5, 5.41) is 2.90. The third kappa shape index (κ3) is 4.03. The fraction of sp³-hybridized carbons (Fsp3) is 0.263. The van der Waals surface area contributed by atoms with Gasteiger partial charge in [0.1, 0.15) is 0 Å². The number of carbonyl (C=O) groups is 2. The van der Waals surface area contributed by atoms with E-state index in [0.717, 1.165) is 21.3 Å². The molecule has 1 saturated heterocycles. The lowest BCUT2D eigenvalue weighted by Crippen LogP contribution is -2.28. The van der Waals surface area contributed by atoms with Crippen molar-refractivity contribution in [3.05, 3.63) is 64.1 Å². The van der Waals surface area contributed by atoms with Crippen molar-refractivity contribution in [3.8, 4) is 0 Å². The summed E-state index contributed by atoms with van der Waals surface area (Å²) >= 11 is 3.44. The topological polar surface area (TPSA) is 49.4 Å². The van der Waals surface area contributed by atoms with Crippen molar-refractivity contribution in [3.63, 3.8) is 0 Å². The molecule has 124 valence electrons. The van der Waals surface area contributed by atoms with E-state index in [1.54, 1.807) is 4.90 Å². The highest BCUT2D eigenvalue weighted by molar-refractivity contribution is 9.10. The fourth-order valence-electron chi connectivity index (χ4n) is 2.84. The van der Waals surface area contributed by atoms with E-state index in [2.05, 4.69) is 21.2 Å². The van der Waals surface area contributed by atoms with Crippen molar-refractivity contribution in [1.29, 1.82) is 0 Å². The molecule has 0 aliphatic carbocycles. The van der Waals surface area contributed by atoms with E-state index >= 15 is 0 Å². The average molecular weight is 387 g/mol. The molecule has 2 aromatic carbocycles. The molecule has 1 atom stereocenters. The van der Waals surface area contributed by atoms with Gasteiger partial charge in [0, 0.05) is 29.7 Å². The lowest BCUT2D eigenvalue weighted by molar-refractivity contribution is -0.128. The Morgan fingerprint density at radius 3 is 2.71 bits per heavy atom. The van der Waals surface area contributed by atoms with Crippen LogP contribution < -0.4 is 5.32 Å². The number of anilines is 1. The normalized spacial score (nSPS) is 17.2. The zero-order valence-electron chi connectivity index (χ0n) is 13.5. The van der Waals surface area contributed by atoms with Crippen molar-refractivity contribution >= 4 is 33.4 Å². The zero-order valence-corrected chi connectivity index (χ0v) is 15.0. The number of rotatable bonds is 4. The molecule has 3 rings (SSSR count). The van der Waals surface area contributed by atoms with Gasteiger partial charge >= 0.3 is 0 Å². The Morgan fingerprint density at radius 1 is 1.25 bits per heavy atom. The predicted molar refractivity (Wildman–Crippen MR) is 97.5 cm³/mol. The maximum atomic E-state index is 12.4. The first-order chi connectivity index (χ1) is 11.5. The lowest BCUT2D eigenvalue weighted by Gasteiger charge is -2.17. The Morgan fingerprint density at radius 2 is 2.00 bits per heavy atom. The standard InChI is InChI=1S/C19H19BrN2O2/c1-13-5-7-17(8-6-13)21-19(24)15-10-18(23)22(12-15)11-14-3-2-4-16(20)9-14/h2-9,15H,10-12H2,1H3,(H,21,24)/t15-/m0/s1. The molecule has 2 aromatic rings. The Kier molecular flexibility index (Phi) is 5.00. The fourth-order valence-corrected chi connectivity index (χ4v) is 3.28. The monoisotopic (exact) mass is 386 g/mol. The quantitative estimate of drug-likeness (QED) is 0.869. The van der Waals surface area contributed by atoms with Gasteiger partial charge in [-0.1, -0.05) is 45.8 Å². The van der Waals surface area contributed by atoms with Gasteiger partial charge in [0.25, 0.3) is 0 Å². The second-order valence-electron chi connectivity index (χ2n) is 6.16. The van der Waals surface area contributed by atoms with Crippen LogP contribution in [0, 0.1) is 12.8 Å². The Labute approximate surface area is 150 Å². The van der Waals surface area contributed by atoms with Crippen LogP contribution in [0.15, 0.2) is 53.0 Å². The molecule has 0 aromatic heterocycles. The van der Waals surface area contributed by atoms with E-state index in [9.17, 15) is 9.59 Å². The lowest BCUT2D eigenvalue weighted by atomic mass is 10.1. The Hall–Kier alpha value is -2.14. The smallest absolute Gasteiger partial charge is 0.229 e. The summed E-state index contributed by atoms with van der Waals surface area (Å²) in [5.41, 5.74) is 2.96. The number of carbonyl (C=O) groups excluding carboxylic acids is 2. The van der Waals surface area contributed by atoms with Gasteiger partial charge in [-0.3, -0.25) is 9.59 Å². The molecule has 0 spiro atoms. The molecule has 1 aliphatic rings.